The van der Waals surface area contributed by atoms with Crippen LogP contribution in [0.1, 0.15) is 6.92 Å². The summed E-state index contributed by atoms with van der Waals surface area (Å²) in [6, 6.07) is 0. The molecule has 0 rings (SSSR count). The molecule has 0 fully saturated rings. The fraction of sp³-hybridized carbons (Fsp3) is 0.667. The minimum Gasteiger partial charge on any atom is -0.395 e. The summed E-state index contributed by atoms with van der Waals surface area (Å²) >= 11 is 0. The number of hydrogen-bond donors (Lipinski definition) is 3. The van der Waals surface area contributed by atoms with Gasteiger partial charge in [-0.25, -0.2) is 0 Å². The molecule has 0 bridgehead atoms. The van der Waals surface area contributed by atoms with E-state index in [0.717, 1.165) is 5.70 Å². The van der Waals surface area contributed by atoms with Gasteiger partial charge in [0, 0.05) is 12.2 Å². The fourth-order valence-corrected chi connectivity index (χ4v) is 0.466. The molecule has 0 atom stereocenters. The van der Waals surface area contributed by atoms with Crippen LogP contribution in [-0.4, -0.2) is 30.0 Å². The van der Waals surface area contributed by atoms with E-state index in [4.69, 9.17) is 10.2 Å². The molecule has 0 radical (unpaired) electrons. The highest BCUT2D eigenvalue weighted by atomic mass is 16.3. The summed E-state index contributed by atoms with van der Waals surface area (Å²) in [6.45, 7) is 2.43. The maximum absolute atomic E-state index is 8.54. The van der Waals surface area contributed by atoms with Gasteiger partial charge in [-0.3, -0.25) is 0 Å². The van der Waals surface area contributed by atoms with Crippen molar-refractivity contribution in [2.24, 2.45) is 0 Å². The van der Waals surface area contributed by atoms with Gasteiger partial charge >= 0.3 is 0 Å². The Bertz CT molecular complexity index is 91.1. The van der Waals surface area contributed by atoms with E-state index in [1.165, 1.54) is 0 Å². The molecule has 0 unspecified atom stereocenters. The second-order valence-electron chi connectivity index (χ2n) is 1.62. The second-order valence-corrected chi connectivity index (χ2v) is 1.62. The molecule has 0 aromatic heterocycles. The van der Waals surface area contributed by atoms with Gasteiger partial charge < -0.3 is 15.5 Å². The normalized spacial score (nSPS) is 11.7. The number of hydrogen-bond acceptors (Lipinski definition) is 3. The molecule has 0 aromatic carbocycles. The predicted octanol–water partition coefficient (Wildman–Crippen LogP) is -0.536. The van der Waals surface area contributed by atoms with Crippen molar-refractivity contribution in [3.05, 3.63) is 11.8 Å². The molecule has 0 amide bonds. The van der Waals surface area contributed by atoms with Gasteiger partial charge in [0.15, 0.2) is 0 Å². The Kier molecular flexibility index (Phi) is 5.26. The van der Waals surface area contributed by atoms with Gasteiger partial charge in [-0.05, 0) is 6.92 Å². The van der Waals surface area contributed by atoms with Gasteiger partial charge in [0.05, 0.1) is 13.2 Å². The van der Waals surface area contributed by atoms with E-state index in [2.05, 4.69) is 5.32 Å². The Balaban J connectivity index is 3.33. The first-order valence-corrected chi connectivity index (χ1v) is 2.96. The van der Waals surface area contributed by atoms with Crippen molar-refractivity contribution >= 4 is 0 Å². The van der Waals surface area contributed by atoms with Crippen molar-refractivity contribution in [1.29, 1.82) is 0 Å². The fourth-order valence-electron chi connectivity index (χ4n) is 0.466. The maximum Gasteiger partial charge on any atom is 0.0824 e. The molecular weight excluding hydrogens is 118 g/mol. The van der Waals surface area contributed by atoms with Gasteiger partial charge in [0.1, 0.15) is 0 Å². The average molecular weight is 131 g/mol. The number of aliphatic hydroxyl groups excluding tert-OH is 2. The van der Waals surface area contributed by atoms with Gasteiger partial charge in [-0.1, -0.05) is 6.08 Å². The molecule has 0 aliphatic carbocycles. The van der Waals surface area contributed by atoms with E-state index in [9.17, 15) is 0 Å². The highest BCUT2D eigenvalue weighted by Gasteiger charge is 1.88. The molecular formula is C6H13NO2. The van der Waals surface area contributed by atoms with Gasteiger partial charge in [-0.15, -0.1) is 0 Å². The van der Waals surface area contributed by atoms with Crippen molar-refractivity contribution in [2.75, 3.05) is 19.8 Å². The molecule has 3 nitrogen and oxygen atoms in total. The van der Waals surface area contributed by atoms with Crippen LogP contribution in [0.25, 0.3) is 0 Å². The van der Waals surface area contributed by atoms with E-state index < -0.39 is 0 Å². The first-order valence-electron chi connectivity index (χ1n) is 2.96. The summed E-state index contributed by atoms with van der Waals surface area (Å²) in [5.74, 6) is 0. The van der Waals surface area contributed by atoms with E-state index in [1.54, 1.807) is 6.08 Å². The lowest BCUT2D eigenvalue weighted by molar-refractivity contribution is 0.285. The van der Waals surface area contributed by atoms with E-state index in [1.807, 2.05) is 6.92 Å². The zero-order valence-corrected chi connectivity index (χ0v) is 5.59. The SMILES string of the molecule is CC=C(CO)NCCO. The first-order chi connectivity index (χ1) is 4.35. The molecule has 0 aromatic rings. The van der Waals surface area contributed by atoms with Gasteiger partial charge in [-0.2, -0.15) is 0 Å². The Hall–Kier alpha value is -0.540. The van der Waals surface area contributed by atoms with Crippen molar-refractivity contribution in [3.8, 4) is 0 Å². The van der Waals surface area contributed by atoms with Crippen molar-refractivity contribution in [2.45, 2.75) is 6.92 Å². The largest absolute Gasteiger partial charge is 0.395 e. The summed E-state index contributed by atoms with van der Waals surface area (Å²) in [6.07, 6.45) is 1.77. The summed E-state index contributed by atoms with van der Waals surface area (Å²) in [5.41, 5.74) is 0.754. The van der Waals surface area contributed by atoms with E-state index in [-0.39, 0.29) is 13.2 Å². The zero-order chi connectivity index (χ0) is 7.11. The van der Waals surface area contributed by atoms with Crippen LogP contribution in [0.4, 0.5) is 0 Å². The summed E-state index contributed by atoms with van der Waals surface area (Å²) in [5, 5.41) is 19.7. The lowest BCUT2D eigenvalue weighted by Crippen LogP contribution is -2.19. The molecule has 54 valence electrons. The highest BCUT2D eigenvalue weighted by Crippen LogP contribution is 1.83. The third-order valence-corrected chi connectivity index (χ3v) is 0.983. The second kappa shape index (κ2) is 5.59. The Labute approximate surface area is 55.0 Å². The van der Waals surface area contributed by atoms with Crippen LogP contribution in [-0.2, 0) is 0 Å². The van der Waals surface area contributed by atoms with E-state index in [0.29, 0.717) is 6.54 Å². The van der Waals surface area contributed by atoms with Crippen LogP contribution >= 0.6 is 0 Å². The molecule has 9 heavy (non-hydrogen) atoms. The first kappa shape index (κ1) is 8.46. The summed E-state index contributed by atoms with van der Waals surface area (Å²) in [4.78, 5) is 0. The molecule has 0 aliphatic rings. The molecule has 3 N–H and O–H groups in total. The zero-order valence-electron chi connectivity index (χ0n) is 5.59. The quantitative estimate of drug-likeness (QED) is 0.480. The lowest BCUT2D eigenvalue weighted by Gasteiger charge is -2.04. The Morgan fingerprint density at radius 2 is 2.22 bits per heavy atom. The minimum atomic E-state index is 0.0104. The number of allylic oxidation sites excluding steroid dienone is 1. The van der Waals surface area contributed by atoms with Crippen LogP contribution in [0, 0.1) is 0 Å². The van der Waals surface area contributed by atoms with Gasteiger partial charge in [0.25, 0.3) is 0 Å². The van der Waals surface area contributed by atoms with Crippen molar-refractivity contribution < 1.29 is 10.2 Å². The van der Waals surface area contributed by atoms with Gasteiger partial charge in [0.2, 0.25) is 0 Å². The average Bonchev–Trinajstić information content (AvgIpc) is 1.91. The monoisotopic (exact) mass is 131 g/mol. The lowest BCUT2D eigenvalue weighted by atomic mass is 10.4. The summed E-state index contributed by atoms with van der Waals surface area (Å²) < 4.78 is 0. The summed E-state index contributed by atoms with van der Waals surface area (Å²) in [7, 11) is 0. The molecule has 0 saturated carbocycles. The molecule has 0 aliphatic heterocycles. The van der Waals surface area contributed by atoms with Crippen molar-refractivity contribution in [1.82, 2.24) is 5.32 Å². The van der Waals surface area contributed by atoms with Crippen LogP contribution < -0.4 is 5.32 Å². The van der Waals surface area contributed by atoms with E-state index >= 15 is 0 Å². The highest BCUT2D eigenvalue weighted by molar-refractivity contribution is 4.96. The van der Waals surface area contributed by atoms with Crippen LogP contribution in [0.3, 0.4) is 0 Å². The third-order valence-electron chi connectivity index (χ3n) is 0.983. The maximum atomic E-state index is 8.54. The molecule has 0 saturated heterocycles. The predicted molar refractivity (Wildman–Crippen MR) is 35.9 cm³/mol. The topological polar surface area (TPSA) is 52.5 Å². The molecule has 0 spiro atoms. The third kappa shape index (κ3) is 4.00. The molecule has 0 heterocycles. The van der Waals surface area contributed by atoms with Crippen molar-refractivity contribution in [3.63, 3.8) is 0 Å². The molecule has 3 heteroatoms. The smallest absolute Gasteiger partial charge is 0.0824 e. The van der Waals surface area contributed by atoms with Crippen LogP contribution in [0.5, 0.6) is 0 Å². The number of nitrogens with one attached hydrogen (secondary N) is 1. The Morgan fingerprint density at radius 3 is 2.56 bits per heavy atom. The Morgan fingerprint density at radius 1 is 1.56 bits per heavy atom. The standard InChI is InChI=1S/C6H13NO2/c1-2-6(5-9)7-3-4-8/h2,7-9H,3-5H2,1H3. The van der Waals surface area contributed by atoms with Crippen LogP contribution in [0.15, 0.2) is 11.8 Å². The van der Waals surface area contributed by atoms with Crippen LogP contribution in [0.2, 0.25) is 0 Å². The number of rotatable bonds is 4. The minimum absolute atomic E-state index is 0.0104. The number of aliphatic hydroxyl groups is 2.